The second-order valence-corrected chi connectivity index (χ2v) is 4.35. The maximum atomic E-state index is 11.6. The predicted molar refractivity (Wildman–Crippen MR) is 60.1 cm³/mol. The van der Waals surface area contributed by atoms with Crippen molar-refractivity contribution in [2.24, 2.45) is 0 Å². The third-order valence-electron chi connectivity index (χ3n) is 3.08. The second-order valence-electron chi connectivity index (χ2n) is 4.35. The molecule has 0 bridgehead atoms. The summed E-state index contributed by atoms with van der Waals surface area (Å²) in [5.74, 6) is -1.05. The molecule has 0 atom stereocenters. The average Bonchev–Trinajstić information content (AvgIpc) is 2.68. The van der Waals surface area contributed by atoms with E-state index in [4.69, 9.17) is 5.11 Å². The normalized spacial score (nSPS) is 18.3. The highest BCUT2D eigenvalue weighted by atomic mass is 16.4. The standard InChI is InChI=1S/C11H20N2O3/c1-12-8-4-5-9(14)13-11(10(15)16)6-2-3-7-11/h12H,2-8H2,1H3,(H,13,14)(H,15,16). The zero-order chi connectivity index (χ0) is 12.0. The highest BCUT2D eigenvalue weighted by Gasteiger charge is 2.42. The van der Waals surface area contributed by atoms with Crippen molar-refractivity contribution >= 4 is 11.9 Å². The Morgan fingerprint density at radius 1 is 1.31 bits per heavy atom. The third-order valence-corrected chi connectivity index (χ3v) is 3.08. The molecule has 92 valence electrons. The van der Waals surface area contributed by atoms with E-state index in [-0.39, 0.29) is 5.91 Å². The Bertz CT molecular complexity index is 260. The molecule has 1 amide bonds. The van der Waals surface area contributed by atoms with Crippen molar-refractivity contribution in [3.63, 3.8) is 0 Å². The summed E-state index contributed by atoms with van der Waals surface area (Å²) >= 11 is 0. The van der Waals surface area contributed by atoms with E-state index in [0.717, 1.165) is 25.8 Å². The lowest BCUT2D eigenvalue weighted by Gasteiger charge is -2.25. The van der Waals surface area contributed by atoms with E-state index in [1.807, 2.05) is 7.05 Å². The van der Waals surface area contributed by atoms with E-state index in [9.17, 15) is 9.59 Å². The SMILES string of the molecule is CNCCCC(=O)NC1(C(=O)O)CCCC1. The van der Waals surface area contributed by atoms with Gasteiger partial charge in [-0.25, -0.2) is 4.79 Å². The van der Waals surface area contributed by atoms with Crippen LogP contribution in [0.15, 0.2) is 0 Å². The maximum Gasteiger partial charge on any atom is 0.329 e. The quantitative estimate of drug-likeness (QED) is 0.578. The van der Waals surface area contributed by atoms with Crippen molar-refractivity contribution in [1.29, 1.82) is 0 Å². The van der Waals surface area contributed by atoms with Crippen molar-refractivity contribution < 1.29 is 14.7 Å². The number of carboxylic acid groups (broad SMARTS) is 1. The fourth-order valence-corrected chi connectivity index (χ4v) is 2.13. The van der Waals surface area contributed by atoms with Gasteiger partial charge >= 0.3 is 5.97 Å². The first-order chi connectivity index (χ1) is 7.60. The molecule has 0 radical (unpaired) electrons. The van der Waals surface area contributed by atoms with Gasteiger partial charge in [0, 0.05) is 6.42 Å². The van der Waals surface area contributed by atoms with Crippen molar-refractivity contribution in [2.45, 2.75) is 44.1 Å². The Kier molecular flexibility index (Phi) is 4.73. The van der Waals surface area contributed by atoms with E-state index >= 15 is 0 Å². The van der Waals surface area contributed by atoms with Gasteiger partial charge in [0.05, 0.1) is 0 Å². The number of rotatable bonds is 6. The predicted octanol–water partition coefficient (Wildman–Crippen LogP) is 0.500. The van der Waals surface area contributed by atoms with E-state index in [1.165, 1.54) is 0 Å². The smallest absolute Gasteiger partial charge is 0.329 e. The van der Waals surface area contributed by atoms with Gasteiger partial charge in [-0.05, 0) is 32.9 Å². The third kappa shape index (κ3) is 3.20. The number of carbonyl (C=O) groups excluding carboxylic acids is 1. The van der Waals surface area contributed by atoms with Crippen LogP contribution in [-0.2, 0) is 9.59 Å². The highest BCUT2D eigenvalue weighted by molar-refractivity contribution is 5.87. The molecular weight excluding hydrogens is 208 g/mol. The monoisotopic (exact) mass is 228 g/mol. The van der Waals surface area contributed by atoms with Crippen LogP contribution >= 0.6 is 0 Å². The zero-order valence-corrected chi connectivity index (χ0v) is 9.71. The molecule has 1 rings (SSSR count). The fourth-order valence-electron chi connectivity index (χ4n) is 2.13. The number of carboxylic acids is 1. The van der Waals surface area contributed by atoms with Gasteiger partial charge in [-0.3, -0.25) is 4.79 Å². The van der Waals surface area contributed by atoms with Crippen LogP contribution in [0.3, 0.4) is 0 Å². The Hall–Kier alpha value is -1.10. The fraction of sp³-hybridized carbons (Fsp3) is 0.818. The van der Waals surface area contributed by atoms with Crippen molar-refractivity contribution in [3.8, 4) is 0 Å². The van der Waals surface area contributed by atoms with Crippen molar-refractivity contribution in [1.82, 2.24) is 10.6 Å². The lowest BCUT2D eigenvalue weighted by molar-refractivity contribution is -0.147. The summed E-state index contributed by atoms with van der Waals surface area (Å²) in [6.45, 7) is 0.771. The summed E-state index contributed by atoms with van der Waals surface area (Å²) in [7, 11) is 1.83. The summed E-state index contributed by atoms with van der Waals surface area (Å²) in [6, 6.07) is 0. The van der Waals surface area contributed by atoms with Crippen LogP contribution in [0.4, 0.5) is 0 Å². The minimum absolute atomic E-state index is 0.153. The van der Waals surface area contributed by atoms with Crippen LogP contribution in [0.5, 0.6) is 0 Å². The molecule has 0 spiro atoms. The average molecular weight is 228 g/mol. The summed E-state index contributed by atoms with van der Waals surface area (Å²) in [5.41, 5.74) is -0.989. The molecule has 0 saturated heterocycles. The summed E-state index contributed by atoms with van der Waals surface area (Å²) in [6.07, 6.45) is 3.99. The Labute approximate surface area is 95.6 Å². The van der Waals surface area contributed by atoms with E-state index in [1.54, 1.807) is 0 Å². The molecule has 0 aliphatic heterocycles. The number of nitrogens with one attached hydrogen (secondary N) is 2. The topological polar surface area (TPSA) is 78.4 Å². The van der Waals surface area contributed by atoms with E-state index in [0.29, 0.717) is 19.3 Å². The zero-order valence-electron chi connectivity index (χ0n) is 9.71. The number of carbonyl (C=O) groups is 2. The largest absolute Gasteiger partial charge is 0.480 e. The molecule has 0 aromatic heterocycles. The van der Waals surface area contributed by atoms with Gasteiger partial charge in [0.2, 0.25) is 5.91 Å². The van der Waals surface area contributed by atoms with Crippen LogP contribution in [-0.4, -0.2) is 36.1 Å². The summed E-state index contributed by atoms with van der Waals surface area (Å²) < 4.78 is 0. The molecule has 5 heteroatoms. The van der Waals surface area contributed by atoms with Crippen LogP contribution in [0.2, 0.25) is 0 Å². The van der Waals surface area contributed by atoms with E-state index < -0.39 is 11.5 Å². The second kappa shape index (κ2) is 5.84. The van der Waals surface area contributed by atoms with Gasteiger partial charge in [-0.2, -0.15) is 0 Å². The number of amides is 1. The molecule has 16 heavy (non-hydrogen) atoms. The molecule has 0 unspecified atom stereocenters. The minimum atomic E-state index is -0.989. The van der Waals surface area contributed by atoms with E-state index in [2.05, 4.69) is 10.6 Å². The Morgan fingerprint density at radius 2 is 1.94 bits per heavy atom. The maximum absolute atomic E-state index is 11.6. The van der Waals surface area contributed by atoms with Gasteiger partial charge in [-0.15, -0.1) is 0 Å². The number of hydrogen-bond acceptors (Lipinski definition) is 3. The molecule has 5 nitrogen and oxygen atoms in total. The number of aliphatic carboxylic acids is 1. The van der Waals surface area contributed by atoms with Gasteiger partial charge in [0.1, 0.15) is 5.54 Å². The van der Waals surface area contributed by atoms with Crippen molar-refractivity contribution in [2.75, 3.05) is 13.6 Å². The first-order valence-electron chi connectivity index (χ1n) is 5.80. The lowest BCUT2D eigenvalue weighted by Crippen LogP contribution is -2.52. The molecule has 0 aromatic rings. The van der Waals surface area contributed by atoms with Crippen LogP contribution < -0.4 is 10.6 Å². The van der Waals surface area contributed by atoms with Crippen LogP contribution in [0, 0.1) is 0 Å². The Morgan fingerprint density at radius 3 is 2.44 bits per heavy atom. The van der Waals surface area contributed by atoms with Gasteiger partial charge in [0.15, 0.2) is 0 Å². The highest BCUT2D eigenvalue weighted by Crippen LogP contribution is 2.29. The first kappa shape index (κ1) is 13.0. The molecule has 1 aliphatic carbocycles. The molecule has 0 aromatic carbocycles. The van der Waals surface area contributed by atoms with Crippen molar-refractivity contribution in [3.05, 3.63) is 0 Å². The van der Waals surface area contributed by atoms with Crippen LogP contribution in [0.25, 0.3) is 0 Å². The summed E-state index contributed by atoms with van der Waals surface area (Å²) in [5, 5.41) is 14.8. The van der Waals surface area contributed by atoms with Crippen LogP contribution in [0.1, 0.15) is 38.5 Å². The first-order valence-corrected chi connectivity index (χ1v) is 5.80. The molecule has 0 heterocycles. The number of hydrogen-bond donors (Lipinski definition) is 3. The Balaban J connectivity index is 2.43. The van der Waals surface area contributed by atoms with Gasteiger partial charge in [0.25, 0.3) is 0 Å². The summed E-state index contributed by atoms with van der Waals surface area (Å²) in [4.78, 5) is 22.7. The minimum Gasteiger partial charge on any atom is -0.480 e. The molecule has 1 aliphatic rings. The van der Waals surface area contributed by atoms with Gasteiger partial charge < -0.3 is 15.7 Å². The molecular formula is C11H20N2O3. The lowest BCUT2D eigenvalue weighted by atomic mass is 9.97. The molecule has 1 fully saturated rings. The molecule has 3 N–H and O–H groups in total. The molecule has 1 saturated carbocycles. The van der Waals surface area contributed by atoms with Gasteiger partial charge in [-0.1, -0.05) is 12.8 Å².